The van der Waals surface area contributed by atoms with Gasteiger partial charge in [0, 0.05) is 42.7 Å². The molecule has 0 spiro atoms. The molecule has 0 bridgehead atoms. The maximum absolute atomic E-state index is 13.2. The highest BCUT2D eigenvalue weighted by Crippen LogP contribution is 2.27. The van der Waals surface area contributed by atoms with E-state index in [-0.39, 0.29) is 17.8 Å². The number of piperazine rings is 1. The van der Waals surface area contributed by atoms with E-state index in [9.17, 15) is 4.39 Å². The quantitative estimate of drug-likeness (QED) is 0.715. The molecule has 0 saturated carbocycles. The van der Waals surface area contributed by atoms with E-state index in [0.29, 0.717) is 0 Å². The van der Waals surface area contributed by atoms with Crippen molar-refractivity contribution in [2.45, 2.75) is 24.8 Å². The maximum atomic E-state index is 13.2. The molecule has 0 radical (unpaired) electrons. The Hall–Kier alpha value is -2.58. The number of amidine groups is 1. The molecule has 8 heteroatoms. The van der Waals surface area contributed by atoms with E-state index in [0.717, 1.165) is 49.4 Å². The van der Waals surface area contributed by atoms with Gasteiger partial charge in [0.05, 0.1) is 13.2 Å². The summed E-state index contributed by atoms with van der Waals surface area (Å²) >= 11 is 1.76. The molecule has 1 fully saturated rings. The van der Waals surface area contributed by atoms with Crippen LogP contribution in [0.4, 0.5) is 10.1 Å². The molecule has 2 aliphatic rings. The molecule has 2 aliphatic heterocycles. The number of rotatable bonds is 4. The standard InChI is InChI=1S/C23H28FN5OS/c1-16-17(2)25-23(27-22(16)26-19-9-7-18(24)8-10-19)28-11-13-29(14-12-28)31-21-6-4-5-20(15-21)30-3/h4-10,15-17H,11-14H2,1-3H3,(H,25,26,27). The second-order valence-corrected chi connectivity index (χ2v) is 8.94. The van der Waals surface area contributed by atoms with Crippen molar-refractivity contribution in [1.82, 2.24) is 9.21 Å². The van der Waals surface area contributed by atoms with E-state index in [1.807, 2.05) is 12.1 Å². The summed E-state index contributed by atoms with van der Waals surface area (Å²) in [5, 5.41) is 3.36. The number of hydrogen-bond acceptors (Lipinski definition) is 7. The predicted octanol–water partition coefficient (Wildman–Crippen LogP) is 4.36. The summed E-state index contributed by atoms with van der Waals surface area (Å²) in [7, 11) is 1.69. The van der Waals surface area contributed by atoms with Gasteiger partial charge in [-0.05, 0) is 61.3 Å². The monoisotopic (exact) mass is 441 g/mol. The van der Waals surface area contributed by atoms with E-state index >= 15 is 0 Å². The van der Waals surface area contributed by atoms with Gasteiger partial charge in [-0.25, -0.2) is 13.7 Å². The maximum Gasteiger partial charge on any atom is 0.222 e. The van der Waals surface area contributed by atoms with Crippen molar-refractivity contribution in [2.75, 3.05) is 38.6 Å². The van der Waals surface area contributed by atoms with Crippen molar-refractivity contribution in [1.29, 1.82) is 0 Å². The molecule has 2 atom stereocenters. The highest BCUT2D eigenvalue weighted by Gasteiger charge is 2.28. The summed E-state index contributed by atoms with van der Waals surface area (Å²) in [6.45, 7) is 7.79. The van der Waals surface area contributed by atoms with E-state index in [2.05, 4.69) is 40.5 Å². The zero-order chi connectivity index (χ0) is 21.8. The Morgan fingerprint density at radius 2 is 1.81 bits per heavy atom. The van der Waals surface area contributed by atoms with Gasteiger partial charge in [0.2, 0.25) is 5.96 Å². The Labute approximate surface area is 187 Å². The fraction of sp³-hybridized carbons (Fsp3) is 0.391. The van der Waals surface area contributed by atoms with Gasteiger partial charge in [0.1, 0.15) is 17.4 Å². The summed E-state index contributed by atoms with van der Waals surface area (Å²) in [5.74, 6) is 2.44. The van der Waals surface area contributed by atoms with Crippen LogP contribution in [0.25, 0.3) is 0 Å². The van der Waals surface area contributed by atoms with Crippen LogP contribution in [0.5, 0.6) is 5.75 Å². The first-order valence-corrected chi connectivity index (χ1v) is 11.3. The van der Waals surface area contributed by atoms with Crippen LogP contribution in [0.2, 0.25) is 0 Å². The van der Waals surface area contributed by atoms with Gasteiger partial charge >= 0.3 is 0 Å². The van der Waals surface area contributed by atoms with E-state index < -0.39 is 0 Å². The summed E-state index contributed by atoms with van der Waals surface area (Å²) < 4.78 is 20.9. The molecule has 31 heavy (non-hydrogen) atoms. The third kappa shape index (κ3) is 5.37. The second-order valence-electron chi connectivity index (χ2n) is 7.77. The number of nitrogens with one attached hydrogen (secondary N) is 1. The zero-order valence-electron chi connectivity index (χ0n) is 18.1. The molecular weight excluding hydrogens is 413 g/mol. The minimum Gasteiger partial charge on any atom is -0.497 e. The molecule has 1 saturated heterocycles. The molecule has 1 N–H and O–H groups in total. The van der Waals surface area contributed by atoms with Crippen LogP contribution >= 0.6 is 11.9 Å². The van der Waals surface area contributed by atoms with Crippen LogP contribution in [-0.2, 0) is 0 Å². The Balaban J connectivity index is 1.39. The minimum atomic E-state index is -0.246. The smallest absolute Gasteiger partial charge is 0.222 e. The van der Waals surface area contributed by atoms with Gasteiger partial charge in [0.15, 0.2) is 0 Å². The highest BCUT2D eigenvalue weighted by molar-refractivity contribution is 7.97. The van der Waals surface area contributed by atoms with Gasteiger partial charge in [-0.2, -0.15) is 4.99 Å². The molecule has 2 heterocycles. The van der Waals surface area contributed by atoms with Crippen molar-refractivity contribution in [3.05, 3.63) is 54.3 Å². The first-order chi connectivity index (χ1) is 15.0. The summed E-state index contributed by atoms with van der Waals surface area (Å²) in [6, 6.07) is 14.6. The predicted molar refractivity (Wildman–Crippen MR) is 126 cm³/mol. The minimum absolute atomic E-state index is 0.125. The van der Waals surface area contributed by atoms with E-state index in [4.69, 9.17) is 14.7 Å². The molecule has 164 valence electrons. The highest BCUT2D eigenvalue weighted by atomic mass is 32.2. The number of anilines is 1. The molecule has 6 nitrogen and oxygen atoms in total. The van der Waals surface area contributed by atoms with Crippen LogP contribution in [-0.4, -0.2) is 60.3 Å². The van der Waals surface area contributed by atoms with Crippen LogP contribution in [0.1, 0.15) is 13.8 Å². The lowest BCUT2D eigenvalue weighted by Crippen LogP contribution is -2.48. The first kappa shape index (κ1) is 21.6. The van der Waals surface area contributed by atoms with Crippen molar-refractivity contribution in [3.8, 4) is 5.75 Å². The lowest BCUT2D eigenvalue weighted by atomic mass is 10.0. The number of ether oxygens (including phenoxy) is 1. The Morgan fingerprint density at radius 3 is 2.52 bits per heavy atom. The zero-order valence-corrected chi connectivity index (χ0v) is 18.9. The van der Waals surface area contributed by atoms with Gasteiger partial charge < -0.3 is 15.0 Å². The van der Waals surface area contributed by atoms with Gasteiger partial charge in [-0.1, -0.05) is 13.0 Å². The second kappa shape index (κ2) is 9.70. The molecule has 2 aromatic carbocycles. The average Bonchev–Trinajstić information content (AvgIpc) is 2.79. The molecule has 2 unspecified atom stereocenters. The van der Waals surface area contributed by atoms with Crippen molar-refractivity contribution >= 4 is 29.4 Å². The van der Waals surface area contributed by atoms with E-state index in [1.165, 1.54) is 17.0 Å². The lowest BCUT2D eigenvalue weighted by molar-refractivity contribution is 0.277. The molecular formula is C23H28FN5OS. The Morgan fingerprint density at radius 1 is 1.06 bits per heavy atom. The molecule has 0 amide bonds. The Kier molecular flexibility index (Phi) is 6.77. The molecule has 0 aromatic heterocycles. The van der Waals surface area contributed by atoms with Crippen LogP contribution < -0.4 is 10.1 Å². The number of halogens is 1. The average molecular weight is 442 g/mol. The fourth-order valence-corrected chi connectivity index (χ4v) is 4.47. The van der Waals surface area contributed by atoms with Gasteiger partial charge in [-0.3, -0.25) is 0 Å². The number of aliphatic imine (C=N–C) groups is 2. The molecule has 2 aromatic rings. The topological polar surface area (TPSA) is 52.5 Å². The SMILES string of the molecule is COc1cccc(SN2CCN(C3=NC(C)C(C)C(Nc4ccc(F)cc4)=N3)CC2)c1. The van der Waals surface area contributed by atoms with Gasteiger partial charge in [0.25, 0.3) is 0 Å². The van der Waals surface area contributed by atoms with Crippen molar-refractivity contribution in [2.24, 2.45) is 15.9 Å². The fourth-order valence-electron chi connectivity index (χ4n) is 3.52. The Bertz CT molecular complexity index is 957. The number of methoxy groups -OCH3 is 1. The van der Waals surface area contributed by atoms with Crippen LogP contribution in [0.3, 0.4) is 0 Å². The third-order valence-corrected chi connectivity index (χ3v) is 6.70. The summed E-state index contributed by atoms with van der Waals surface area (Å²) in [4.78, 5) is 13.1. The van der Waals surface area contributed by atoms with Crippen molar-refractivity contribution in [3.63, 3.8) is 0 Å². The van der Waals surface area contributed by atoms with Crippen LogP contribution in [0, 0.1) is 11.7 Å². The largest absolute Gasteiger partial charge is 0.497 e. The summed E-state index contributed by atoms with van der Waals surface area (Å²) in [6.07, 6.45) is 0. The molecule has 0 aliphatic carbocycles. The van der Waals surface area contributed by atoms with Gasteiger partial charge in [-0.15, -0.1) is 0 Å². The molecule has 4 rings (SSSR count). The lowest BCUT2D eigenvalue weighted by Gasteiger charge is -2.36. The number of benzene rings is 2. The summed E-state index contributed by atoms with van der Waals surface area (Å²) in [5.41, 5.74) is 0.833. The first-order valence-electron chi connectivity index (χ1n) is 10.5. The van der Waals surface area contributed by atoms with E-state index in [1.54, 1.807) is 31.2 Å². The normalized spacial score (nSPS) is 22.0. The third-order valence-electron chi connectivity index (χ3n) is 5.61. The van der Waals surface area contributed by atoms with Crippen molar-refractivity contribution < 1.29 is 9.13 Å². The number of hydrogen-bond donors (Lipinski definition) is 1. The number of nitrogens with zero attached hydrogens (tertiary/aromatic N) is 4. The number of guanidine groups is 1. The van der Waals surface area contributed by atoms with Crippen LogP contribution in [0.15, 0.2) is 63.4 Å².